The molecule has 0 radical (unpaired) electrons. The molecule has 0 saturated carbocycles. The van der Waals surface area contributed by atoms with Gasteiger partial charge in [0.05, 0.1) is 11.1 Å². The second-order valence-electron chi connectivity index (χ2n) is 6.94. The van der Waals surface area contributed by atoms with Gasteiger partial charge in [-0.1, -0.05) is 60.1 Å². The van der Waals surface area contributed by atoms with Crippen LogP contribution < -0.4 is 4.74 Å². The predicted molar refractivity (Wildman–Crippen MR) is 110 cm³/mol. The molecule has 1 aliphatic rings. The molecule has 3 aromatic carbocycles. The van der Waals surface area contributed by atoms with E-state index in [4.69, 9.17) is 16.3 Å². The van der Waals surface area contributed by atoms with E-state index in [0.717, 1.165) is 5.56 Å². The number of hydrogen-bond acceptors (Lipinski definition) is 3. The zero-order chi connectivity index (χ0) is 20.6. The first-order valence-electron chi connectivity index (χ1n) is 9.14. The van der Waals surface area contributed by atoms with Crippen LogP contribution in [0.3, 0.4) is 0 Å². The van der Waals surface area contributed by atoms with Crippen molar-refractivity contribution in [3.05, 3.63) is 94.8 Å². The molecule has 2 atom stereocenters. The third-order valence-corrected chi connectivity index (χ3v) is 7.26. The van der Waals surface area contributed by atoms with Crippen molar-refractivity contribution in [3.8, 4) is 5.75 Å². The number of benzene rings is 3. The Kier molecular flexibility index (Phi) is 5.34. The highest BCUT2D eigenvalue weighted by Gasteiger charge is 2.41. The summed E-state index contributed by atoms with van der Waals surface area (Å²) in [6.07, 6.45) is -0.583. The molecule has 1 heterocycles. The summed E-state index contributed by atoms with van der Waals surface area (Å²) in [5.74, 6) is -0.279. The van der Waals surface area contributed by atoms with Gasteiger partial charge in [0, 0.05) is 6.54 Å². The summed E-state index contributed by atoms with van der Waals surface area (Å²) in [4.78, 5) is 0.00619. The summed E-state index contributed by atoms with van der Waals surface area (Å²) < 4.78 is 48.3. The fourth-order valence-electron chi connectivity index (χ4n) is 3.56. The SMILES string of the molecule is C[C@@H]1[C@@H](c2ccccc2)Oc2c(Cl)cccc2S(=O)(=O)N1Cc1cccc(F)c1. The van der Waals surface area contributed by atoms with Gasteiger partial charge in [0.1, 0.15) is 16.8 Å². The average Bonchev–Trinajstić information content (AvgIpc) is 2.78. The van der Waals surface area contributed by atoms with Gasteiger partial charge >= 0.3 is 0 Å². The molecule has 0 unspecified atom stereocenters. The summed E-state index contributed by atoms with van der Waals surface area (Å²) in [7, 11) is -3.94. The standard InChI is InChI=1S/C22H19ClFNO3S/c1-15-21(17-8-3-2-4-9-17)28-22-19(23)11-6-12-20(22)29(26,27)25(15)14-16-7-5-10-18(24)13-16/h2-13,15,21H,14H2,1H3/t15-,21+/m1/s1. The van der Waals surface area contributed by atoms with Crippen molar-refractivity contribution in [2.24, 2.45) is 0 Å². The molecule has 0 N–H and O–H groups in total. The lowest BCUT2D eigenvalue weighted by molar-refractivity contribution is 0.124. The van der Waals surface area contributed by atoms with Crippen molar-refractivity contribution >= 4 is 21.6 Å². The number of rotatable bonds is 3. The Morgan fingerprint density at radius 2 is 1.76 bits per heavy atom. The number of fused-ring (bicyclic) bond motifs is 1. The lowest BCUT2D eigenvalue weighted by Gasteiger charge is -2.30. The van der Waals surface area contributed by atoms with E-state index in [0.29, 0.717) is 5.56 Å². The van der Waals surface area contributed by atoms with Crippen LogP contribution in [0.5, 0.6) is 5.75 Å². The Hall–Kier alpha value is -2.41. The predicted octanol–water partition coefficient (Wildman–Crippen LogP) is 5.19. The van der Waals surface area contributed by atoms with Gasteiger partial charge < -0.3 is 4.74 Å². The molecule has 7 heteroatoms. The van der Waals surface area contributed by atoms with Crippen molar-refractivity contribution in [3.63, 3.8) is 0 Å². The molecule has 0 amide bonds. The fraction of sp³-hybridized carbons (Fsp3) is 0.182. The second kappa shape index (κ2) is 7.78. The van der Waals surface area contributed by atoms with Crippen molar-refractivity contribution in [1.82, 2.24) is 4.31 Å². The van der Waals surface area contributed by atoms with E-state index in [1.165, 1.54) is 22.5 Å². The minimum Gasteiger partial charge on any atom is -0.481 e. The lowest BCUT2D eigenvalue weighted by Crippen LogP contribution is -2.41. The summed E-state index contributed by atoms with van der Waals surface area (Å²) in [5, 5.41) is 0.229. The Morgan fingerprint density at radius 3 is 2.48 bits per heavy atom. The first kappa shape index (κ1) is 19.9. The van der Waals surface area contributed by atoms with E-state index in [-0.39, 0.29) is 22.2 Å². The summed E-state index contributed by atoms with van der Waals surface area (Å²) in [6.45, 7) is 1.80. The molecule has 0 fully saturated rings. The van der Waals surface area contributed by atoms with Crippen LogP contribution in [0.25, 0.3) is 0 Å². The van der Waals surface area contributed by atoms with Crippen molar-refractivity contribution < 1.29 is 17.5 Å². The third-order valence-electron chi connectivity index (χ3n) is 5.01. The Bertz CT molecular complexity index is 1140. The summed E-state index contributed by atoms with van der Waals surface area (Å²) in [6, 6.07) is 19.4. The Balaban J connectivity index is 1.88. The second-order valence-corrected chi connectivity index (χ2v) is 9.20. The molecular weight excluding hydrogens is 413 g/mol. The topological polar surface area (TPSA) is 46.6 Å². The van der Waals surface area contributed by atoms with E-state index >= 15 is 0 Å². The van der Waals surface area contributed by atoms with Gasteiger partial charge in [-0.2, -0.15) is 4.31 Å². The Morgan fingerprint density at radius 1 is 1.03 bits per heavy atom. The summed E-state index contributed by atoms with van der Waals surface area (Å²) >= 11 is 6.31. The van der Waals surface area contributed by atoms with Gasteiger partial charge in [-0.25, -0.2) is 12.8 Å². The maximum atomic E-state index is 13.7. The molecule has 1 aliphatic heterocycles. The highest BCUT2D eigenvalue weighted by molar-refractivity contribution is 7.89. The van der Waals surface area contributed by atoms with E-state index in [1.807, 2.05) is 30.3 Å². The van der Waals surface area contributed by atoms with Crippen LogP contribution in [0.4, 0.5) is 4.39 Å². The van der Waals surface area contributed by atoms with E-state index in [1.54, 1.807) is 31.2 Å². The highest BCUT2D eigenvalue weighted by atomic mass is 35.5. The molecule has 3 aromatic rings. The van der Waals surface area contributed by atoms with Crippen LogP contribution in [0, 0.1) is 5.82 Å². The Labute approximate surface area is 174 Å². The zero-order valence-electron chi connectivity index (χ0n) is 15.6. The maximum absolute atomic E-state index is 13.7. The number of para-hydroxylation sites is 1. The van der Waals surface area contributed by atoms with Gasteiger partial charge in [-0.05, 0) is 42.3 Å². The molecule has 0 aromatic heterocycles. The van der Waals surface area contributed by atoms with Gasteiger partial charge in [-0.3, -0.25) is 0 Å². The zero-order valence-corrected chi connectivity index (χ0v) is 17.2. The number of ether oxygens (including phenoxy) is 1. The van der Waals surface area contributed by atoms with Crippen LogP contribution in [0.1, 0.15) is 24.2 Å². The number of halogens is 2. The van der Waals surface area contributed by atoms with Crippen LogP contribution >= 0.6 is 11.6 Å². The molecule has 0 aliphatic carbocycles. The largest absolute Gasteiger partial charge is 0.481 e. The first-order valence-corrected chi connectivity index (χ1v) is 11.0. The number of hydrogen-bond donors (Lipinski definition) is 0. The molecule has 0 bridgehead atoms. The van der Waals surface area contributed by atoms with Gasteiger partial charge in [0.25, 0.3) is 0 Å². The van der Waals surface area contributed by atoms with E-state index < -0.39 is 28.0 Å². The molecule has 29 heavy (non-hydrogen) atoms. The minimum absolute atomic E-state index is 0.00619. The van der Waals surface area contributed by atoms with Crippen LogP contribution in [-0.2, 0) is 16.6 Å². The van der Waals surface area contributed by atoms with E-state index in [9.17, 15) is 12.8 Å². The third kappa shape index (κ3) is 3.75. The van der Waals surface area contributed by atoms with Crippen molar-refractivity contribution in [1.29, 1.82) is 0 Å². The lowest BCUT2D eigenvalue weighted by atomic mass is 10.0. The average molecular weight is 432 g/mol. The number of sulfonamides is 1. The van der Waals surface area contributed by atoms with Gasteiger partial charge in [0.2, 0.25) is 10.0 Å². The maximum Gasteiger partial charge on any atom is 0.247 e. The van der Waals surface area contributed by atoms with Gasteiger partial charge in [0.15, 0.2) is 5.75 Å². The molecule has 4 rings (SSSR count). The molecular formula is C22H19ClFNO3S. The smallest absolute Gasteiger partial charge is 0.247 e. The highest BCUT2D eigenvalue weighted by Crippen LogP contribution is 2.43. The fourth-order valence-corrected chi connectivity index (χ4v) is 5.60. The van der Waals surface area contributed by atoms with Crippen LogP contribution in [0.15, 0.2) is 77.7 Å². The summed E-state index contributed by atoms with van der Waals surface area (Å²) in [5.41, 5.74) is 1.38. The normalized spacial score (nSPS) is 21.1. The molecule has 150 valence electrons. The van der Waals surface area contributed by atoms with E-state index in [2.05, 4.69) is 0 Å². The first-order chi connectivity index (χ1) is 13.9. The van der Waals surface area contributed by atoms with Crippen molar-refractivity contribution in [2.75, 3.05) is 0 Å². The van der Waals surface area contributed by atoms with Crippen molar-refractivity contribution in [2.45, 2.75) is 30.5 Å². The number of nitrogens with zero attached hydrogens (tertiary/aromatic N) is 1. The quantitative estimate of drug-likeness (QED) is 0.573. The molecule has 0 spiro atoms. The molecule has 0 saturated heterocycles. The van der Waals surface area contributed by atoms with Crippen LogP contribution in [-0.4, -0.2) is 18.8 Å². The molecule has 4 nitrogen and oxygen atoms in total. The monoisotopic (exact) mass is 431 g/mol. The van der Waals surface area contributed by atoms with Gasteiger partial charge in [-0.15, -0.1) is 0 Å². The van der Waals surface area contributed by atoms with Crippen LogP contribution in [0.2, 0.25) is 5.02 Å². The minimum atomic E-state index is -3.94.